The standard InChI is InChI=1S/C20H20ClN3O3S/c1-4-27-17-10-8-16(9-11-17)24-18(14-6-5-7-15(21)12-14)22-23-20(24)28-13(2)19(25)26-3/h5-13H,4H2,1-3H3. The van der Waals surface area contributed by atoms with E-state index in [-0.39, 0.29) is 5.97 Å². The van der Waals surface area contributed by atoms with E-state index >= 15 is 0 Å². The van der Waals surface area contributed by atoms with Crippen molar-refractivity contribution in [3.8, 4) is 22.8 Å². The van der Waals surface area contributed by atoms with Gasteiger partial charge in [0.1, 0.15) is 11.0 Å². The van der Waals surface area contributed by atoms with Gasteiger partial charge in [-0.05, 0) is 50.2 Å². The first kappa shape index (κ1) is 20.2. The van der Waals surface area contributed by atoms with Gasteiger partial charge in [0.05, 0.1) is 13.7 Å². The smallest absolute Gasteiger partial charge is 0.318 e. The number of nitrogens with zero attached hydrogens (tertiary/aromatic N) is 3. The minimum Gasteiger partial charge on any atom is -0.494 e. The van der Waals surface area contributed by atoms with Crippen molar-refractivity contribution in [1.29, 1.82) is 0 Å². The molecule has 1 atom stereocenters. The second-order valence-corrected chi connectivity index (χ2v) is 7.61. The van der Waals surface area contributed by atoms with E-state index in [1.165, 1.54) is 18.9 Å². The predicted molar refractivity (Wildman–Crippen MR) is 110 cm³/mol. The van der Waals surface area contributed by atoms with Gasteiger partial charge in [0.25, 0.3) is 0 Å². The van der Waals surface area contributed by atoms with Crippen LogP contribution >= 0.6 is 23.4 Å². The minimum absolute atomic E-state index is 0.324. The number of benzene rings is 2. The van der Waals surface area contributed by atoms with Crippen molar-refractivity contribution in [2.45, 2.75) is 24.3 Å². The van der Waals surface area contributed by atoms with Gasteiger partial charge in [0, 0.05) is 16.3 Å². The molecule has 0 aliphatic carbocycles. The summed E-state index contributed by atoms with van der Waals surface area (Å²) in [4.78, 5) is 11.9. The first-order valence-corrected chi connectivity index (χ1v) is 9.98. The van der Waals surface area contributed by atoms with E-state index in [1.807, 2.05) is 54.0 Å². The number of esters is 1. The molecule has 1 unspecified atom stereocenters. The molecule has 8 heteroatoms. The third-order valence-electron chi connectivity index (χ3n) is 3.94. The molecule has 1 heterocycles. The quantitative estimate of drug-likeness (QED) is 0.412. The molecule has 6 nitrogen and oxygen atoms in total. The molecule has 0 fully saturated rings. The second-order valence-electron chi connectivity index (χ2n) is 5.86. The van der Waals surface area contributed by atoms with Crippen LogP contribution in [0.4, 0.5) is 0 Å². The summed E-state index contributed by atoms with van der Waals surface area (Å²) >= 11 is 7.44. The third-order valence-corrected chi connectivity index (χ3v) is 5.19. The van der Waals surface area contributed by atoms with E-state index < -0.39 is 5.25 Å². The Balaban J connectivity index is 2.07. The number of aromatic nitrogens is 3. The van der Waals surface area contributed by atoms with Crippen LogP contribution in [0.15, 0.2) is 53.7 Å². The van der Waals surface area contributed by atoms with Crippen LogP contribution in [0, 0.1) is 0 Å². The molecule has 1 aromatic heterocycles. The Morgan fingerprint density at radius 2 is 1.96 bits per heavy atom. The van der Waals surface area contributed by atoms with Crippen LogP contribution in [0.1, 0.15) is 13.8 Å². The fraction of sp³-hybridized carbons (Fsp3) is 0.250. The van der Waals surface area contributed by atoms with Gasteiger partial charge in [0.2, 0.25) is 0 Å². The summed E-state index contributed by atoms with van der Waals surface area (Å²) in [6, 6.07) is 15.0. The Bertz CT molecular complexity index is 960. The van der Waals surface area contributed by atoms with Gasteiger partial charge in [-0.3, -0.25) is 9.36 Å². The predicted octanol–water partition coefficient (Wildman–Crippen LogP) is 4.64. The molecular formula is C20H20ClN3O3S. The molecule has 0 aliphatic heterocycles. The van der Waals surface area contributed by atoms with E-state index in [4.69, 9.17) is 21.1 Å². The van der Waals surface area contributed by atoms with Crippen LogP contribution in [-0.2, 0) is 9.53 Å². The maximum Gasteiger partial charge on any atom is 0.318 e. The molecule has 28 heavy (non-hydrogen) atoms. The lowest BCUT2D eigenvalue weighted by molar-refractivity contribution is -0.139. The summed E-state index contributed by atoms with van der Waals surface area (Å²) in [6.45, 7) is 4.30. The molecule has 0 bridgehead atoms. The zero-order valence-electron chi connectivity index (χ0n) is 15.8. The maximum absolute atomic E-state index is 11.9. The van der Waals surface area contributed by atoms with Gasteiger partial charge in [-0.1, -0.05) is 35.5 Å². The average Bonchev–Trinajstić information content (AvgIpc) is 3.11. The molecule has 0 spiro atoms. The number of carbonyl (C=O) groups is 1. The van der Waals surface area contributed by atoms with Crippen molar-refractivity contribution in [3.05, 3.63) is 53.6 Å². The topological polar surface area (TPSA) is 66.2 Å². The number of rotatable bonds is 7. The number of thioether (sulfide) groups is 1. The molecule has 0 amide bonds. The van der Waals surface area contributed by atoms with Crippen molar-refractivity contribution < 1.29 is 14.3 Å². The molecule has 0 saturated heterocycles. The van der Waals surface area contributed by atoms with Gasteiger partial charge in [0.15, 0.2) is 11.0 Å². The van der Waals surface area contributed by atoms with Crippen molar-refractivity contribution in [2.75, 3.05) is 13.7 Å². The third kappa shape index (κ3) is 4.48. The molecule has 0 N–H and O–H groups in total. The van der Waals surface area contributed by atoms with Gasteiger partial charge >= 0.3 is 5.97 Å². The van der Waals surface area contributed by atoms with Crippen LogP contribution in [0.25, 0.3) is 17.1 Å². The Morgan fingerprint density at radius 1 is 1.21 bits per heavy atom. The number of carbonyl (C=O) groups excluding carboxylic acids is 1. The average molecular weight is 418 g/mol. The molecule has 0 aliphatic rings. The molecule has 3 rings (SSSR count). The lowest BCUT2D eigenvalue weighted by atomic mass is 10.2. The van der Waals surface area contributed by atoms with Gasteiger partial charge < -0.3 is 9.47 Å². The van der Waals surface area contributed by atoms with Gasteiger partial charge in [-0.2, -0.15) is 0 Å². The van der Waals surface area contributed by atoms with E-state index in [0.717, 1.165) is 17.0 Å². The SMILES string of the molecule is CCOc1ccc(-n2c(SC(C)C(=O)OC)nnc2-c2cccc(Cl)c2)cc1. The number of hydrogen-bond donors (Lipinski definition) is 0. The van der Waals surface area contributed by atoms with Gasteiger partial charge in [-0.15, -0.1) is 10.2 Å². The van der Waals surface area contributed by atoms with Crippen LogP contribution in [-0.4, -0.2) is 39.7 Å². The lowest BCUT2D eigenvalue weighted by Crippen LogP contribution is -2.15. The van der Waals surface area contributed by atoms with Crippen molar-refractivity contribution in [3.63, 3.8) is 0 Å². The molecule has 2 aromatic carbocycles. The Hall–Kier alpha value is -2.51. The zero-order valence-corrected chi connectivity index (χ0v) is 17.3. The summed E-state index contributed by atoms with van der Waals surface area (Å²) in [6.07, 6.45) is 0. The largest absolute Gasteiger partial charge is 0.494 e. The molecular weight excluding hydrogens is 398 g/mol. The molecule has 0 saturated carbocycles. The molecule has 3 aromatic rings. The van der Waals surface area contributed by atoms with Crippen molar-refractivity contribution >= 4 is 29.3 Å². The van der Waals surface area contributed by atoms with Gasteiger partial charge in [-0.25, -0.2) is 0 Å². The summed E-state index contributed by atoms with van der Waals surface area (Å²) < 4.78 is 12.2. The molecule has 0 radical (unpaired) electrons. The Morgan fingerprint density at radius 3 is 2.61 bits per heavy atom. The fourth-order valence-electron chi connectivity index (χ4n) is 2.62. The fourth-order valence-corrected chi connectivity index (χ4v) is 3.71. The highest BCUT2D eigenvalue weighted by Crippen LogP contribution is 2.32. The number of methoxy groups -OCH3 is 1. The summed E-state index contributed by atoms with van der Waals surface area (Å²) in [5.41, 5.74) is 1.68. The monoisotopic (exact) mass is 417 g/mol. The first-order valence-electron chi connectivity index (χ1n) is 8.72. The maximum atomic E-state index is 11.9. The Kier molecular flexibility index (Phi) is 6.59. The minimum atomic E-state index is -0.428. The van der Waals surface area contributed by atoms with E-state index in [9.17, 15) is 4.79 Å². The summed E-state index contributed by atoms with van der Waals surface area (Å²) in [7, 11) is 1.37. The Labute approximate surface area is 172 Å². The second kappa shape index (κ2) is 9.12. The summed E-state index contributed by atoms with van der Waals surface area (Å²) in [5.74, 6) is 1.09. The van der Waals surface area contributed by atoms with Crippen molar-refractivity contribution in [1.82, 2.24) is 14.8 Å². The van der Waals surface area contributed by atoms with Crippen LogP contribution in [0.5, 0.6) is 5.75 Å². The zero-order chi connectivity index (χ0) is 20.1. The van der Waals surface area contributed by atoms with E-state index in [0.29, 0.717) is 22.6 Å². The van der Waals surface area contributed by atoms with E-state index in [2.05, 4.69) is 10.2 Å². The number of ether oxygens (including phenoxy) is 2. The summed E-state index contributed by atoms with van der Waals surface area (Å²) in [5, 5.41) is 9.42. The van der Waals surface area contributed by atoms with Crippen molar-refractivity contribution in [2.24, 2.45) is 0 Å². The van der Waals surface area contributed by atoms with Crippen LogP contribution in [0.3, 0.4) is 0 Å². The van der Waals surface area contributed by atoms with E-state index in [1.54, 1.807) is 13.0 Å². The normalized spacial score (nSPS) is 11.9. The first-order chi connectivity index (χ1) is 13.5. The highest BCUT2D eigenvalue weighted by atomic mass is 35.5. The van der Waals surface area contributed by atoms with Crippen LogP contribution in [0.2, 0.25) is 5.02 Å². The number of hydrogen-bond acceptors (Lipinski definition) is 6. The highest BCUT2D eigenvalue weighted by Gasteiger charge is 2.22. The lowest BCUT2D eigenvalue weighted by Gasteiger charge is -2.13. The van der Waals surface area contributed by atoms with Crippen LogP contribution < -0.4 is 4.74 Å². The highest BCUT2D eigenvalue weighted by molar-refractivity contribution is 8.00. The molecule has 146 valence electrons. The number of halogens is 1.